The molecule has 0 rings (SSSR count). The van der Waals surface area contributed by atoms with E-state index < -0.39 is 5.41 Å². The van der Waals surface area contributed by atoms with Crippen LogP contribution in [0.3, 0.4) is 0 Å². The number of rotatable bonds is 17. The van der Waals surface area contributed by atoms with Gasteiger partial charge < -0.3 is 14.2 Å². The Bertz CT molecular complexity index is 472. The van der Waals surface area contributed by atoms with Gasteiger partial charge in [0.15, 0.2) is 0 Å². The van der Waals surface area contributed by atoms with Gasteiger partial charge in [-0.05, 0) is 58.8 Å². The summed E-state index contributed by atoms with van der Waals surface area (Å²) in [4.78, 5) is 35.3. The molecule has 0 amide bonds. The van der Waals surface area contributed by atoms with Crippen LogP contribution in [0.5, 0.6) is 0 Å². The van der Waals surface area contributed by atoms with E-state index in [4.69, 9.17) is 14.2 Å². The first-order valence-corrected chi connectivity index (χ1v) is 11.3. The van der Waals surface area contributed by atoms with Crippen LogP contribution in [0, 0.1) is 5.41 Å². The number of carbonyl (C=O) groups excluding carboxylic acids is 3. The van der Waals surface area contributed by atoms with Crippen LogP contribution in [0.2, 0.25) is 0 Å². The largest absolute Gasteiger partial charge is 0.466 e. The van der Waals surface area contributed by atoms with Crippen molar-refractivity contribution in [3.63, 3.8) is 0 Å². The molecule has 0 aliphatic heterocycles. The minimum absolute atomic E-state index is 0.0377. The zero-order valence-corrected chi connectivity index (χ0v) is 19.2. The summed E-state index contributed by atoms with van der Waals surface area (Å²) in [7, 11) is 0. The van der Waals surface area contributed by atoms with Gasteiger partial charge in [0.1, 0.15) is 6.10 Å². The second-order valence-corrected chi connectivity index (χ2v) is 8.17. The fraction of sp³-hybridized carbons (Fsp3) is 0.870. The lowest BCUT2D eigenvalue weighted by atomic mass is 9.91. The van der Waals surface area contributed by atoms with Crippen molar-refractivity contribution in [1.82, 2.24) is 0 Å². The van der Waals surface area contributed by atoms with E-state index in [1.54, 1.807) is 0 Å². The van der Waals surface area contributed by atoms with Crippen LogP contribution in [0.1, 0.15) is 105 Å². The Kier molecular flexibility index (Phi) is 15.3. The standard InChI is InChI=1S/C23H42O6/c1-6-9-14-19(7-2)29-21(25)15-11-10-12-17-27-20(24)16-13-18-28-22(26)23(4,5)8-3/h19H,6-18H2,1-5H3. The highest BCUT2D eigenvalue weighted by molar-refractivity contribution is 5.75. The van der Waals surface area contributed by atoms with Crippen LogP contribution < -0.4 is 0 Å². The summed E-state index contributed by atoms with van der Waals surface area (Å²) in [6.07, 6.45) is 8.13. The number of esters is 3. The molecule has 0 fully saturated rings. The van der Waals surface area contributed by atoms with Gasteiger partial charge in [-0.1, -0.05) is 33.6 Å². The normalized spacial score (nSPS) is 12.3. The van der Waals surface area contributed by atoms with E-state index >= 15 is 0 Å². The zero-order valence-electron chi connectivity index (χ0n) is 19.2. The summed E-state index contributed by atoms with van der Waals surface area (Å²) in [6.45, 7) is 10.4. The summed E-state index contributed by atoms with van der Waals surface area (Å²) in [5.74, 6) is -0.648. The number of hydrogen-bond donors (Lipinski definition) is 0. The molecule has 1 atom stereocenters. The lowest BCUT2D eigenvalue weighted by molar-refractivity contribution is -0.155. The maximum Gasteiger partial charge on any atom is 0.311 e. The van der Waals surface area contributed by atoms with Gasteiger partial charge in [0.2, 0.25) is 0 Å². The molecule has 29 heavy (non-hydrogen) atoms. The van der Waals surface area contributed by atoms with Crippen molar-refractivity contribution in [2.45, 2.75) is 111 Å². The molecule has 0 aromatic rings. The van der Waals surface area contributed by atoms with Crippen molar-refractivity contribution >= 4 is 17.9 Å². The lowest BCUT2D eigenvalue weighted by Gasteiger charge is -2.20. The maximum absolute atomic E-state index is 11.8. The Labute approximate surface area is 177 Å². The molecule has 170 valence electrons. The van der Waals surface area contributed by atoms with Gasteiger partial charge in [-0.2, -0.15) is 0 Å². The minimum Gasteiger partial charge on any atom is -0.466 e. The van der Waals surface area contributed by atoms with Crippen LogP contribution in [-0.4, -0.2) is 37.2 Å². The van der Waals surface area contributed by atoms with Crippen LogP contribution in [0.4, 0.5) is 0 Å². The molecular weight excluding hydrogens is 372 g/mol. The van der Waals surface area contributed by atoms with Crippen LogP contribution in [-0.2, 0) is 28.6 Å². The summed E-state index contributed by atoms with van der Waals surface area (Å²) < 4.78 is 15.9. The van der Waals surface area contributed by atoms with Crippen molar-refractivity contribution in [2.24, 2.45) is 5.41 Å². The molecule has 0 saturated heterocycles. The monoisotopic (exact) mass is 414 g/mol. The highest BCUT2D eigenvalue weighted by atomic mass is 16.5. The average molecular weight is 415 g/mol. The van der Waals surface area contributed by atoms with Gasteiger partial charge in [0.05, 0.1) is 18.6 Å². The molecule has 1 unspecified atom stereocenters. The first kappa shape index (κ1) is 27.4. The molecule has 0 spiro atoms. The molecule has 6 heteroatoms. The number of hydrogen-bond acceptors (Lipinski definition) is 6. The predicted octanol–water partition coefficient (Wildman–Crippen LogP) is 5.36. The van der Waals surface area contributed by atoms with Gasteiger partial charge in [-0.15, -0.1) is 0 Å². The third-order valence-corrected chi connectivity index (χ3v) is 5.12. The minimum atomic E-state index is -0.486. The topological polar surface area (TPSA) is 78.9 Å². The van der Waals surface area contributed by atoms with E-state index in [1.165, 1.54) is 0 Å². The number of unbranched alkanes of at least 4 members (excludes halogenated alkanes) is 3. The Balaban J connectivity index is 3.67. The molecular formula is C23H42O6. The fourth-order valence-electron chi connectivity index (χ4n) is 2.55. The van der Waals surface area contributed by atoms with Crippen LogP contribution in [0.25, 0.3) is 0 Å². The Morgan fingerprint density at radius 2 is 1.45 bits per heavy atom. The molecule has 0 radical (unpaired) electrons. The maximum atomic E-state index is 11.8. The van der Waals surface area contributed by atoms with Gasteiger partial charge >= 0.3 is 17.9 Å². The Morgan fingerprint density at radius 1 is 0.793 bits per heavy atom. The molecule has 0 bridgehead atoms. The molecule has 6 nitrogen and oxygen atoms in total. The smallest absolute Gasteiger partial charge is 0.311 e. The van der Waals surface area contributed by atoms with E-state index in [-0.39, 0.29) is 37.0 Å². The molecule has 0 aliphatic carbocycles. The van der Waals surface area contributed by atoms with E-state index in [2.05, 4.69) is 6.92 Å². The lowest BCUT2D eigenvalue weighted by Crippen LogP contribution is -2.26. The van der Waals surface area contributed by atoms with E-state index in [0.717, 1.165) is 44.9 Å². The quantitative estimate of drug-likeness (QED) is 0.181. The fourth-order valence-corrected chi connectivity index (χ4v) is 2.55. The van der Waals surface area contributed by atoms with Crippen molar-refractivity contribution in [2.75, 3.05) is 13.2 Å². The van der Waals surface area contributed by atoms with Crippen LogP contribution >= 0.6 is 0 Å². The van der Waals surface area contributed by atoms with Crippen molar-refractivity contribution in [1.29, 1.82) is 0 Å². The van der Waals surface area contributed by atoms with Crippen molar-refractivity contribution in [3.05, 3.63) is 0 Å². The SMILES string of the molecule is CCCCC(CC)OC(=O)CCCCCOC(=O)CCCOC(=O)C(C)(C)CC. The van der Waals surface area contributed by atoms with Gasteiger partial charge in [-0.25, -0.2) is 0 Å². The number of carbonyl (C=O) groups is 3. The molecule has 0 aromatic carbocycles. The summed E-state index contributed by atoms with van der Waals surface area (Å²) in [5.41, 5.74) is -0.486. The summed E-state index contributed by atoms with van der Waals surface area (Å²) in [5, 5.41) is 0. The zero-order chi connectivity index (χ0) is 22.1. The predicted molar refractivity (Wildman–Crippen MR) is 113 cm³/mol. The van der Waals surface area contributed by atoms with Crippen molar-refractivity contribution < 1.29 is 28.6 Å². The second kappa shape index (κ2) is 16.2. The Morgan fingerprint density at radius 3 is 2.07 bits per heavy atom. The molecule has 0 heterocycles. The molecule has 0 saturated carbocycles. The third kappa shape index (κ3) is 14.1. The van der Waals surface area contributed by atoms with E-state index in [1.807, 2.05) is 27.7 Å². The van der Waals surface area contributed by atoms with Gasteiger partial charge in [-0.3, -0.25) is 14.4 Å². The van der Waals surface area contributed by atoms with Gasteiger partial charge in [0, 0.05) is 12.8 Å². The summed E-state index contributed by atoms with van der Waals surface area (Å²) >= 11 is 0. The van der Waals surface area contributed by atoms with Gasteiger partial charge in [0.25, 0.3) is 0 Å². The molecule has 0 N–H and O–H groups in total. The molecule has 0 aliphatic rings. The molecule has 0 aromatic heterocycles. The third-order valence-electron chi connectivity index (χ3n) is 5.12. The first-order valence-electron chi connectivity index (χ1n) is 11.3. The van der Waals surface area contributed by atoms with Crippen LogP contribution in [0.15, 0.2) is 0 Å². The summed E-state index contributed by atoms with van der Waals surface area (Å²) in [6, 6.07) is 0. The highest BCUT2D eigenvalue weighted by Crippen LogP contribution is 2.21. The highest BCUT2D eigenvalue weighted by Gasteiger charge is 2.26. The van der Waals surface area contributed by atoms with E-state index in [9.17, 15) is 14.4 Å². The number of ether oxygens (including phenoxy) is 3. The Hall–Kier alpha value is -1.59. The van der Waals surface area contributed by atoms with E-state index in [0.29, 0.717) is 25.9 Å². The second-order valence-electron chi connectivity index (χ2n) is 8.17. The first-order chi connectivity index (χ1) is 13.8. The van der Waals surface area contributed by atoms with Crippen molar-refractivity contribution in [3.8, 4) is 0 Å². The average Bonchev–Trinajstić information content (AvgIpc) is 2.70.